The molecule has 11 heavy (non-hydrogen) atoms. The standard InChI is InChI=1S/C11H20/c1-8-10(2,3)9-5-6-11(8,4)7-9/h8-9H,5-7H2,1-4H3. The molecule has 3 atom stereocenters. The molecule has 3 unspecified atom stereocenters. The van der Waals surface area contributed by atoms with E-state index in [2.05, 4.69) is 27.7 Å². The molecule has 0 spiro atoms. The van der Waals surface area contributed by atoms with Crippen molar-refractivity contribution in [3.63, 3.8) is 0 Å². The van der Waals surface area contributed by atoms with Crippen LogP contribution in [0.15, 0.2) is 0 Å². The fraction of sp³-hybridized carbons (Fsp3) is 1.00. The Hall–Kier alpha value is 0. The van der Waals surface area contributed by atoms with Gasteiger partial charge in [0.05, 0.1) is 0 Å². The molecular formula is C11H20. The molecule has 0 aromatic rings. The molecule has 0 amide bonds. The third kappa shape index (κ3) is 0.761. The zero-order valence-corrected chi connectivity index (χ0v) is 8.28. The Kier molecular flexibility index (Phi) is 1.28. The molecule has 2 saturated carbocycles. The Morgan fingerprint density at radius 1 is 1.18 bits per heavy atom. The maximum atomic E-state index is 2.49. The first kappa shape index (κ1) is 7.64. The van der Waals surface area contributed by atoms with Crippen LogP contribution in [-0.2, 0) is 0 Å². The molecule has 0 heterocycles. The Bertz CT molecular complexity index is 176. The lowest BCUT2D eigenvalue weighted by Crippen LogP contribution is -2.32. The van der Waals surface area contributed by atoms with Crippen molar-refractivity contribution in [2.45, 2.75) is 47.0 Å². The lowest BCUT2D eigenvalue weighted by atomic mass is 9.65. The van der Waals surface area contributed by atoms with Crippen molar-refractivity contribution in [2.75, 3.05) is 0 Å². The molecule has 64 valence electrons. The molecule has 0 aromatic heterocycles. The van der Waals surface area contributed by atoms with Crippen LogP contribution in [0.2, 0.25) is 0 Å². The van der Waals surface area contributed by atoms with Crippen molar-refractivity contribution in [3.05, 3.63) is 0 Å². The minimum atomic E-state index is 0.632. The first-order valence-corrected chi connectivity index (χ1v) is 4.97. The summed E-state index contributed by atoms with van der Waals surface area (Å²) >= 11 is 0. The van der Waals surface area contributed by atoms with E-state index in [1.165, 1.54) is 19.3 Å². The molecule has 0 saturated heterocycles. The van der Waals surface area contributed by atoms with Gasteiger partial charge in [-0.1, -0.05) is 27.7 Å². The monoisotopic (exact) mass is 152 g/mol. The van der Waals surface area contributed by atoms with Crippen LogP contribution in [0.4, 0.5) is 0 Å². The minimum absolute atomic E-state index is 0.632. The summed E-state index contributed by atoms with van der Waals surface area (Å²) in [6.07, 6.45) is 4.48. The topological polar surface area (TPSA) is 0 Å². The highest BCUT2D eigenvalue weighted by Gasteiger charge is 2.56. The van der Waals surface area contributed by atoms with E-state index in [1.54, 1.807) is 0 Å². The lowest BCUT2D eigenvalue weighted by molar-refractivity contribution is 0.0903. The van der Waals surface area contributed by atoms with E-state index in [9.17, 15) is 0 Å². The van der Waals surface area contributed by atoms with Gasteiger partial charge >= 0.3 is 0 Å². The molecule has 2 fully saturated rings. The summed E-state index contributed by atoms with van der Waals surface area (Å²) in [5.41, 5.74) is 1.33. The van der Waals surface area contributed by atoms with E-state index in [0.29, 0.717) is 10.8 Å². The van der Waals surface area contributed by atoms with E-state index in [0.717, 1.165) is 11.8 Å². The average molecular weight is 152 g/mol. The Labute approximate surface area is 70.4 Å². The first-order chi connectivity index (χ1) is 4.97. The Morgan fingerprint density at radius 2 is 1.82 bits per heavy atom. The van der Waals surface area contributed by atoms with Gasteiger partial charge in [-0.2, -0.15) is 0 Å². The predicted molar refractivity (Wildman–Crippen MR) is 48.4 cm³/mol. The van der Waals surface area contributed by atoms with Gasteiger partial charge in [-0.05, 0) is 41.9 Å². The molecule has 0 nitrogen and oxygen atoms in total. The van der Waals surface area contributed by atoms with Crippen molar-refractivity contribution in [1.29, 1.82) is 0 Å². The molecule has 2 bridgehead atoms. The maximum Gasteiger partial charge on any atom is -0.0292 e. The van der Waals surface area contributed by atoms with Gasteiger partial charge in [0.15, 0.2) is 0 Å². The number of rotatable bonds is 0. The predicted octanol–water partition coefficient (Wildman–Crippen LogP) is 3.47. The highest BCUT2D eigenvalue weighted by molar-refractivity contribution is 5.06. The van der Waals surface area contributed by atoms with Crippen LogP contribution in [0.3, 0.4) is 0 Å². The SMILES string of the molecule is CC1C2(C)CCC(C2)C1(C)C. The van der Waals surface area contributed by atoms with Crippen molar-refractivity contribution in [1.82, 2.24) is 0 Å². The molecule has 0 heteroatoms. The molecule has 2 rings (SSSR count). The van der Waals surface area contributed by atoms with Crippen LogP contribution >= 0.6 is 0 Å². The number of fused-ring (bicyclic) bond motifs is 2. The van der Waals surface area contributed by atoms with E-state index >= 15 is 0 Å². The number of hydrogen-bond acceptors (Lipinski definition) is 0. The van der Waals surface area contributed by atoms with Gasteiger partial charge in [-0.3, -0.25) is 0 Å². The van der Waals surface area contributed by atoms with Crippen molar-refractivity contribution in [2.24, 2.45) is 22.7 Å². The summed E-state index contributed by atoms with van der Waals surface area (Å²) in [4.78, 5) is 0. The van der Waals surface area contributed by atoms with Gasteiger partial charge in [0, 0.05) is 0 Å². The molecule has 0 N–H and O–H groups in total. The van der Waals surface area contributed by atoms with Gasteiger partial charge in [0.25, 0.3) is 0 Å². The molecule has 2 aliphatic carbocycles. The molecule has 0 radical (unpaired) electrons. The van der Waals surface area contributed by atoms with Crippen LogP contribution in [0.25, 0.3) is 0 Å². The summed E-state index contributed by atoms with van der Waals surface area (Å²) in [5.74, 6) is 1.97. The highest BCUT2D eigenvalue weighted by atomic mass is 14.6. The Balaban J connectivity index is 2.34. The van der Waals surface area contributed by atoms with E-state index in [-0.39, 0.29) is 0 Å². The summed E-state index contributed by atoms with van der Waals surface area (Å²) in [5, 5.41) is 0. The normalized spacial score (nSPS) is 53.5. The summed E-state index contributed by atoms with van der Waals surface area (Å²) in [7, 11) is 0. The fourth-order valence-corrected chi connectivity index (χ4v) is 3.55. The second kappa shape index (κ2) is 1.84. The third-order valence-electron chi connectivity index (χ3n) is 4.99. The molecule has 0 aliphatic heterocycles. The highest BCUT2D eigenvalue weighted by Crippen LogP contribution is 2.65. The third-order valence-corrected chi connectivity index (χ3v) is 4.99. The van der Waals surface area contributed by atoms with Crippen LogP contribution in [0, 0.1) is 22.7 Å². The van der Waals surface area contributed by atoms with E-state index < -0.39 is 0 Å². The summed E-state index contributed by atoms with van der Waals surface area (Å²) < 4.78 is 0. The van der Waals surface area contributed by atoms with Gasteiger partial charge in [0.2, 0.25) is 0 Å². The van der Waals surface area contributed by atoms with Crippen LogP contribution in [0.1, 0.15) is 47.0 Å². The minimum Gasteiger partial charge on any atom is -0.0615 e. The van der Waals surface area contributed by atoms with Crippen LogP contribution in [-0.4, -0.2) is 0 Å². The molecular weight excluding hydrogens is 132 g/mol. The van der Waals surface area contributed by atoms with E-state index in [4.69, 9.17) is 0 Å². The lowest BCUT2D eigenvalue weighted by Gasteiger charge is -2.40. The second-order valence-corrected chi connectivity index (χ2v) is 5.64. The quantitative estimate of drug-likeness (QED) is 0.498. The fourth-order valence-electron chi connectivity index (χ4n) is 3.55. The largest absolute Gasteiger partial charge is 0.0615 e. The van der Waals surface area contributed by atoms with E-state index in [1.807, 2.05) is 0 Å². The van der Waals surface area contributed by atoms with Gasteiger partial charge in [-0.15, -0.1) is 0 Å². The van der Waals surface area contributed by atoms with Crippen molar-refractivity contribution >= 4 is 0 Å². The smallest absolute Gasteiger partial charge is 0.0292 e. The maximum absolute atomic E-state index is 2.49. The molecule has 0 aromatic carbocycles. The average Bonchev–Trinajstić information content (AvgIpc) is 2.36. The summed E-state index contributed by atoms with van der Waals surface area (Å²) in [6, 6.07) is 0. The van der Waals surface area contributed by atoms with Crippen molar-refractivity contribution < 1.29 is 0 Å². The molecule has 2 aliphatic rings. The zero-order chi connectivity index (χ0) is 8.28. The number of hydrogen-bond donors (Lipinski definition) is 0. The van der Waals surface area contributed by atoms with Gasteiger partial charge in [0.1, 0.15) is 0 Å². The Morgan fingerprint density at radius 3 is 2.09 bits per heavy atom. The van der Waals surface area contributed by atoms with Gasteiger partial charge in [-0.25, -0.2) is 0 Å². The first-order valence-electron chi connectivity index (χ1n) is 4.97. The van der Waals surface area contributed by atoms with Crippen molar-refractivity contribution in [3.8, 4) is 0 Å². The zero-order valence-electron chi connectivity index (χ0n) is 8.28. The van der Waals surface area contributed by atoms with Crippen LogP contribution < -0.4 is 0 Å². The summed E-state index contributed by atoms with van der Waals surface area (Å²) in [6.45, 7) is 9.88. The van der Waals surface area contributed by atoms with Gasteiger partial charge < -0.3 is 0 Å². The second-order valence-electron chi connectivity index (χ2n) is 5.64. The van der Waals surface area contributed by atoms with Crippen LogP contribution in [0.5, 0.6) is 0 Å².